The van der Waals surface area contributed by atoms with Gasteiger partial charge in [0.2, 0.25) is 0 Å². The molecule has 7 heteroatoms. The van der Waals surface area contributed by atoms with Crippen molar-refractivity contribution < 1.29 is 0 Å². The Bertz CT molecular complexity index is 463. The number of nitrogens with one attached hydrogen (secondary N) is 1. The van der Waals surface area contributed by atoms with Crippen LogP contribution >= 0.6 is 23.2 Å². The largest absolute Gasteiger partial charge is 0.328 e. The number of rotatable bonds is 6. The quantitative estimate of drug-likeness (QED) is 0.765. The van der Waals surface area contributed by atoms with E-state index in [0.29, 0.717) is 37.0 Å². The lowest BCUT2D eigenvalue weighted by atomic mass is 10.3. The van der Waals surface area contributed by atoms with Gasteiger partial charge in [-0.3, -0.25) is 14.3 Å². The molecule has 17 heavy (non-hydrogen) atoms. The molecule has 0 fully saturated rings. The van der Waals surface area contributed by atoms with Gasteiger partial charge in [-0.2, -0.15) is 0 Å². The van der Waals surface area contributed by atoms with E-state index in [1.165, 1.54) is 13.2 Å². The molecule has 0 aliphatic rings. The molecule has 1 aromatic rings. The summed E-state index contributed by atoms with van der Waals surface area (Å²) in [7, 11) is 1.44. The summed E-state index contributed by atoms with van der Waals surface area (Å²) < 4.78 is 1.05. The molecule has 0 spiro atoms. The Kier molecular flexibility index (Phi) is 5.74. The fourth-order valence-electron chi connectivity index (χ4n) is 1.48. The third-order valence-electron chi connectivity index (χ3n) is 2.45. The van der Waals surface area contributed by atoms with E-state index in [1.54, 1.807) is 0 Å². The average molecular weight is 280 g/mol. The molecule has 0 aliphatic carbocycles. The van der Waals surface area contributed by atoms with Crippen molar-refractivity contribution in [2.24, 2.45) is 7.05 Å². The van der Waals surface area contributed by atoms with Crippen LogP contribution in [0.1, 0.15) is 5.56 Å². The standard InChI is InChI=1S/C10H15Cl2N3O2/c1-14-9(16)8(6-13-10(14)17)7-15(4-2-11)5-3-12/h6H,2-5,7H2,1H3,(H,13,17). The second-order valence-corrected chi connectivity index (χ2v) is 4.39. The van der Waals surface area contributed by atoms with Crippen molar-refractivity contribution in [1.82, 2.24) is 14.5 Å². The summed E-state index contributed by atoms with van der Waals surface area (Å²) >= 11 is 11.3. The first-order chi connectivity index (χ1) is 8.10. The van der Waals surface area contributed by atoms with Gasteiger partial charge < -0.3 is 4.98 Å². The van der Waals surface area contributed by atoms with E-state index in [-0.39, 0.29) is 5.56 Å². The molecule has 0 saturated heterocycles. The zero-order valence-electron chi connectivity index (χ0n) is 9.58. The average Bonchev–Trinajstić information content (AvgIpc) is 2.30. The van der Waals surface area contributed by atoms with Gasteiger partial charge >= 0.3 is 5.69 Å². The first-order valence-electron chi connectivity index (χ1n) is 5.22. The van der Waals surface area contributed by atoms with Crippen molar-refractivity contribution in [2.45, 2.75) is 6.54 Å². The predicted molar refractivity (Wildman–Crippen MR) is 69.0 cm³/mol. The van der Waals surface area contributed by atoms with Crippen molar-refractivity contribution >= 4 is 23.2 Å². The molecule has 5 nitrogen and oxygen atoms in total. The number of aromatic amines is 1. The first-order valence-corrected chi connectivity index (χ1v) is 6.29. The molecule has 1 aromatic heterocycles. The first kappa shape index (κ1) is 14.3. The second kappa shape index (κ2) is 6.83. The summed E-state index contributed by atoms with van der Waals surface area (Å²) in [4.78, 5) is 27.4. The molecule has 1 heterocycles. The lowest BCUT2D eigenvalue weighted by molar-refractivity contribution is 0.297. The Morgan fingerprint density at radius 3 is 2.41 bits per heavy atom. The maximum Gasteiger partial charge on any atom is 0.328 e. The molecule has 0 aromatic carbocycles. The van der Waals surface area contributed by atoms with Crippen LogP contribution in [-0.2, 0) is 13.6 Å². The van der Waals surface area contributed by atoms with Crippen LogP contribution in [0.3, 0.4) is 0 Å². The van der Waals surface area contributed by atoms with Gasteiger partial charge in [0.1, 0.15) is 0 Å². The van der Waals surface area contributed by atoms with E-state index in [4.69, 9.17) is 23.2 Å². The summed E-state index contributed by atoms with van der Waals surface area (Å²) in [5.41, 5.74) is -0.176. The lowest BCUT2D eigenvalue weighted by Crippen LogP contribution is -2.37. The van der Waals surface area contributed by atoms with Gasteiger partial charge in [0.25, 0.3) is 5.56 Å². The van der Waals surface area contributed by atoms with Crippen LogP contribution in [0.4, 0.5) is 0 Å². The molecular weight excluding hydrogens is 265 g/mol. The molecule has 0 amide bonds. The topological polar surface area (TPSA) is 58.1 Å². The number of H-pyrrole nitrogens is 1. The van der Waals surface area contributed by atoms with Gasteiger partial charge in [0, 0.05) is 50.2 Å². The Morgan fingerprint density at radius 2 is 1.88 bits per heavy atom. The highest BCUT2D eigenvalue weighted by Crippen LogP contribution is 1.99. The number of hydrogen-bond acceptors (Lipinski definition) is 3. The fraction of sp³-hybridized carbons (Fsp3) is 0.600. The smallest absolute Gasteiger partial charge is 0.314 e. The summed E-state index contributed by atoms with van der Waals surface area (Å²) in [5, 5.41) is 0. The van der Waals surface area contributed by atoms with Crippen LogP contribution in [0.2, 0.25) is 0 Å². The molecule has 1 rings (SSSR count). The van der Waals surface area contributed by atoms with E-state index in [0.717, 1.165) is 4.57 Å². The van der Waals surface area contributed by atoms with Crippen LogP contribution in [0.5, 0.6) is 0 Å². The van der Waals surface area contributed by atoms with E-state index >= 15 is 0 Å². The summed E-state index contributed by atoms with van der Waals surface area (Å²) in [6, 6.07) is 0. The number of alkyl halides is 2. The number of hydrogen-bond donors (Lipinski definition) is 1. The third kappa shape index (κ3) is 3.87. The van der Waals surface area contributed by atoms with Crippen LogP contribution in [0.25, 0.3) is 0 Å². The highest BCUT2D eigenvalue weighted by molar-refractivity contribution is 6.18. The number of nitrogens with zero attached hydrogens (tertiary/aromatic N) is 2. The molecule has 0 unspecified atom stereocenters. The summed E-state index contributed by atoms with van der Waals surface area (Å²) in [5.74, 6) is 0.946. The van der Waals surface area contributed by atoms with E-state index in [9.17, 15) is 9.59 Å². The lowest BCUT2D eigenvalue weighted by Gasteiger charge is -2.19. The van der Waals surface area contributed by atoms with Crippen molar-refractivity contribution in [3.63, 3.8) is 0 Å². The molecule has 0 atom stereocenters. The van der Waals surface area contributed by atoms with Crippen LogP contribution in [0, 0.1) is 0 Å². The van der Waals surface area contributed by atoms with Crippen molar-refractivity contribution in [3.05, 3.63) is 32.6 Å². The zero-order chi connectivity index (χ0) is 12.8. The van der Waals surface area contributed by atoms with Crippen molar-refractivity contribution in [3.8, 4) is 0 Å². The van der Waals surface area contributed by atoms with Crippen LogP contribution in [0.15, 0.2) is 15.8 Å². The van der Waals surface area contributed by atoms with Gasteiger partial charge in [-0.15, -0.1) is 23.2 Å². The molecule has 0 radical (unpaired) electrons. The normalized spacial score (nSPS) is 11.1. The zero-order valence-corrected chi connectivity index (χ0v) is 11.1. The maximum absolute atomic E-state index is 11.8. The molecule has 1 N–H and O–H groups in total. The Hall–Kier alpha value is -0.780. The molecular formula is C10H15Cl2N3O2. The Balaban J connectivity index is 2.90. The van der Waals surface area contributed by atoms with Gasteiger partial charge in [-0.05, 0) is 0 Å². The van der Waals surface area contributed by atoms with Gasteiger partial charge in [-0.25, -0.2) is 4.79 Å². The van der Waals surface area contributed by atoms with Crippen molar-refractivity contribution in [2.75, 3.05) is 24.8 Å². The number of aromatic nitrogens is 2. The minimum atomic E-state index is -0.417. The SMILES string of the molecule is Cn1c(=O)[nH]cc(CN(CCCl)CCCl)c1=O. The molecule has 0 bridgehead atoms. The van der Waals surface area contributed by atoms with Crippen LogP contribution < -0.4 is 11.2 Å². The van der Waals surface area contributed by atoms with E-state index in [1.807, 2.05) is 4.90 Å². The Labute approximate surface area is 109 Å². The summed E-state index contributed by atoms with van der Waals surface area (Å²) in [6.45, 7) is 1.73. The second-order valence-electron chi connectivity index (χ2n) is 3.64. The van der Waals surface area contributed by atoms with E-state index < -0.39 is 5.69 Å². The highest BCUT2D eigenvalue weighted by Gasteiger charge is 2.09. The molecule has 0 saturated carbocycles. The third-order valence-corrected chi connectivity index (χ3v) is 2.79. The number of halogens is 2. The Morgan fingerprint density at radius 1 is 1.29 bits per heavy atom. The molecule has 96 valence electrons. The maximum atomic E-state index is 11.8. The highest BCUT2D eigenvalue weighted by atomic mass is 35.5. The van der Waals surface area contributed by atoms with Crippen LogP contribution in [-0.4, -0.2) is 39.3 Å². The predicted octanol–water partition coefficient (Wildman–Crippen LogP) is 0.353. The van der Waals surface area contributed by atoms with Gasteiger partial charge in [-0.1, -0.05) is 0 Å². The van der Waals surface area contributed by atoms with Gasteiger partial charge in [0.05, 0.1) is 0 Å². The van der Waals surface area contributed by atoms with Crippen molar-refractivity contribution in [1.29, 1.82) is 0 Å². The minimum Gasteiger partial charge on any atom is -0.314 e. The molecule has 0 aliphatic heterocycles. The van der Waals surface area contributed by atoms with E-state index in [2.05, 4.69) is 4.98 Å². The minimum absolute atomic E-state index is 0.289. The van der Waals surface area contributed by atoms with Gasteiger partial charge in [0.15, 0.2) is 0 Å². The fourth-order valence-corrected chi connectivity index (χ4v) is 1.96. The monoisotopic (exact) mass is 279 g/mol. The summed E-state index contributed by atoms with van der Waals surface area (Å²) in [6.07, 6.45) is 1.44.